The van der Waals surface area contributed by atoms with Crippen LogP contribution in [0.5, 0.6) is 11.5 Å². The maximum atomic E-state index is 12.4. The first kappa shape index (κ1) is 18.2. The molecule has 7 nitrogen and oxygen atoms in total. The Morgan fingerprint density at radius 1 is 0.963 bits per heavy atom. The van der Waals surface area contributed by atoms with Crippen molar-refractivity contribution in [2.75, 3.05) is 20.8 Å². The summed E-state index contributed by atoms with van der Waals surface area (Å²) < 4.78 is 20.3. The van der Waals surface area contributed by atoms with Crippen molar-refractivity contribution in [3.63, 3.8) is 0 Å². The van der Waals surface area contributed by atoms with Gasteiger partial charge < -0.3 is 18.6 Å². The lowest BCUT2D eigenvalue weighted by Crippen LogP contribution is -2.20. The van der Waals surface area contributed by atoms with Gasteiger partial charge in [0.05, 0.1) is 19.8 Å². The SMILES string of the molecule is COc1ccc(C(=O)COC(=O)c2cc3ccccc3oc2=O)c(OC)c1. The lowest BCUT2D eigenvalue weighted by Gasteiger charge is -2.10. The molecule has 3 aromatic rings. The zero-order chi connectivity index (χ0) is 19.4. The third-order valence-electron chi connectivity index (χ3n) is 3.90. The normalized spacial score (nSPS) is 10.4. The van der Waals surface area contributed by atoms with Crippen molar-refractivity contribution in [3.8, 4) is 11.5 Å². The highest BCUT2D eigenvalue weighted by Crippen LogP contribution is 2.25. The molecule has 0 aliphatic carbocycles. The number of fused-ring (bicyclic) bond motifs is 1. The highest BCUT2D eigenvalue weighted by molar-refractivity contribution is 6.01. The molecule has 0 radical (unpaired) electrons. The maximum Gasteiger partial charge on any atom is 0.351 e. The summed E-state index contributed by atoms with van der Waals surface area (Å²) in [5.74, 6) is -0.599. The minimum Gasteiger partial charge on any atom is -0.497 e. The number of methoxy groups -OCH3 is 2. The molecule has 0 saturated heterocycles. The first-order valence-corrected chi connectivity index (χ1v) is 7.98. The number of para-hydroxylation sites is 1. The maximum absolute atomic E-state index is 12.4. The zero-order valence-electron chi connectivity index (χ0n) is 14.7. The van der Waals surface area contributed by atoms with Gasteiger partial charge in [-0.3, -0.25) is 4.79 Å². The van der Waals surface area contributed by atoms with Gasteiger partial charge in [-0.25, -0.2) is 9.59 Å². The van der Waals surface area contributed by atoms with Crippen LogP contribution in [0, 0.1) is 0 Å². The van der Waals surface area contributed by atoms with Crippen molar-refractivity contribution in [3.05, 3.63) is 70.1 Å². The average molecular weight is 368 g/mol. The van der Waals surface area contributed by atoms with E-state index in [0.717, 1.165) is 0 Å². The van der Waals surface area contributed by atoms with Gasteiger partial charge in [-0.15, -0.1) is 0 Å². The third-order valence-corrected chi connectivity index (χ3v) is 3.90. The largest absolute Gasteiger partial charge is 0.497 e. The molecule has 0 bridgehead atoms. The molecular formula is C20H16O7. The molecular weight excluding hydrogens is 352 g/mol. The monoisotopic (exact) mass is 368 g/mol. The molecule has 0 amide bonds. The fourth-order valence-corrected chi connectivity index (χ4v) is 2.52. The Morgan fingerprint density at radius 3 is 2.48 bits per heavy atom. The average Bonchev–Trinajstić information content (AvgIpc) is 2.70. The van der Waals surface area contributed by atoms with E-state index >= 15 is 0 Å². The van der Waals surface area contributed by atoms with Gasteiger partial charge in [0.25, 0.3) is 0 Å². The number of ether oxygens (including phenoxy) is 3. The first-order chi connectivity index (χ1) is 13.0. The standard InChI is InChI=1S/C20H16O7/c1-24-13-7-8-14(18(10-13)25-2)16(21)11-26-19(22)15-9-12-5-3-4-6-17(12)27-20(15)23/h3-10H,11H2,1-2H3. The summed E-state index contributed by atoms with van der Waals surface area (Å²) in [6, 6.07) is 12.8. The van der Waals surface area contributed by atoms with E-state index in [-0.39, 0.29) is 11.1 Å². The van der Waals surface area contributed by atoms with E-state index in [1.807, 2.05) is 0 Å². The van der Waals surface area contributed by atoms with E-state index in [1.54, 1.807) is 36.4 Å². The molecule has 0 saturated carbocycles. The quantitative estimate of drug-likeness (QED) is 0.375. The van der Waals surface area contributed by atoms with Gasteiger partial charge in [0.1, 0.15) is 22.6 Å². The Balaban J connectivity index is 1.77. The van der Waals surface area contributed by atoms with Crippen molar-refractivity contribution in [2.24, 2.45) is 0 Å². The fourth-order valence-electron chi connectivity index (χ4n) is 2.52. The summed E-state index contributed by atoms with van der Waals surface area (Å²) in [5, 5.41) is 0.576. The van der Waals surface area contributed by atoms with Gasteiger partial charge in [-0.1, -0.05) is 18.2 Å². The van der Waals surface area contributed by atoms with Crippen molar-refractivity contribution in [1.29, 1.82) is 0 Å². The summed E-state index contributed by atoms with van der Waals surface area (Å²) in [6.45, 7) is -0.548. The molecule has 0 atom stereocenters. The summed E-state index contributed by atoms with van der Waals surface area (Å²) in [7, 11) is 2.91. The lowest BCUT2D eigenvalue weighted by molar-refractivity contribution is 0.0470. The molecule has 0 fully saturated rings. The Kier molecular flexibility index (Phi) is 5.21. The number of hydrogen-bond acceptors (Lipinski definition) is 7. The number of rotatable bonds is 6. The summed E-state index contributed by atoms with van der Waals surface area (Å²) in [6.07, 6.45) is 0. The van der Waals surface area contributed by atoms with Crippen molar-refractivity contribution >= 4 is 22.7 Å². The molecule has 0 spiro atoms. The van der Waals surface area contributed by atoms with E-state index in [9.17, 15) is 14.4 Å². The topological polar surface area (TPSA) is 92.0 Å². The van der Waals surface area contributed by atoms with Crippen LogP contribution < -0.4 is 15.1 Å². The highest BCUT2D eigenvalue weighted by atomic mass is 16.5. The van der Waals surface area contributed by atoms with Crippen LogP contribution in [0.15, 0.2) is 57.7 Å². The predicted octanol–water partition coefficient (Wildman–Crippen LogP) is 2.85. The molecule has 7 heteroatoms. The van der Waals surface area contributed by atoms with Crippen LogP contribution in [-0.2, 0) is 4.74 Å². The predicted molar refractivity (Wildman–Crippen MR) is 96.6 cm³/mol. The van der Waals surface area contributed by atoms with Gasteiger partial charge in [0.2, 0.25) is 5.78 Å². The van der Waals surface area contributed by atoms with E-state index in [1.165, 1.54) is 26.4 Å². The van der Waals surface area contributed by atoms with Crippen LogP contribution in [0.2, 0.25) is 0 Å². The molecule has 0 aliphatic heterocycles. The second kappa shape index (κ2) is 7.74. The summed E-state index contributed by atoms with van der Waals surface area (Å²) in [5.41, 5.74) is -0.508. The molecule has 0 N–H and O–H groups in total. The minimum atomic E-state index is -0.935. The van der Waals surface area contributed by atoms with Crippen LogP contribution in [0.3, 0.4) is 0 Å². The smallest absolute Gasteiger partial charge is 0.351 e. The molecule has 0 aliphatic rings. The van der Waals surface area contributed by atoms with E-state index in [0.29, 0.717) is 22.5 Å². The van der Waals surface area contributed by atoms with Crippen molar-refractivity contribution in [2.45, 2.75) is 0 Å². The number of carbonyl (C=O) groups is 2. The van der Waals surface area contributed by atoms with Crippen molar-refractivity contribution < 1.29 is 28.2 Å². The number of Topliss-reactive ketones (excluding diaryl/α,β-unsaturated/α-hetero) is 1. The Bertz CT molecular complexity index is 1070. The fraction of sp³-hybridized carbons (Fsp3) is 0.150. The Morgan fingerprint density at radius 2 is 1.74 bits per heavy atom. The van der Waals surface area contributed by atoms with Crippen molar-refractivity contribution in [1.82, 2.24) is 0 Å². The second-order valence-corrected chi connectivity index (χ2v) is 5.55. The molecule has 138 valence electrons. The van der Waals surface area contributed by atoms with Crippen LogP contribution in [-0.4, -0.2) is 32.6 Å². The molecule has 27 heavy (non-hydrogen) atoms. The summed E-state index contributed by atoms with van der Waals surface area (Å²) >= 11 is 0. The van der Waals surface area contributed by atoms with Gasteiger partial charge in [0, 0.05) is 11.5 Å². The molecule has 1 heterocycles. The number of benzene rings is 2. The number of ketones is 1. The van der Waals surface area contributed by atoms with Crippen LogP contribution in [0.1, 0.15) is 20.7 Å². The number of esters is 1. The molecule has 1 aromatic heterocycles. The number of carbonyl (C=O) groups excluding carboxylic acids is 2. The zero-order valence-corrected chi connectivity index (χ0v) is 14.7. The van der Waals surface area contributed by atoms with Gasteiger partial charge in [-0.05, 0) is 24.3 Å². The van der Waals surface area contributed by atoms with E-state index < -0.39 is 24.0 Å². The molecule has 0 unspecified atom stereocenters. The molecule has 3 rings (SSSR count). The third kappa shape index (κ3) is 3.82. The first-order valence-electron chi connectivity index (χ1n) is 7.98. The van der Waals surface area contributed by atoms with E-state index in [4.69, 9.17) is 18.6 Å². The van der Waals surface area contributed by atoms with Crippen LogP contribution in [0.4, 0.5) is 0 Å². The summed E-state index contributed by atoms with van der Waals surface area (Å²) in [4.78, 5) is 36.5. The van der Waals surface area contributed by atoms with Gasteiger partial charge in [-0.2, -0.15) is 0 Å². The molecule has 2 aromatic carbocycles. The van der Waals surface area contributed by atoms with Crippen LogP contribution >= 0.6 is 0 Å². The Hall–Kier alpha value is -3.61. The van der Waals surface area contributed by atoms with Crippen LogP contribution in [0.25, 0.3) is 11.0 Å². The Labute approximate surface area is 154 Å². The minimum absolute atomic E-state index is 0.233. The van der Waals surface area contributed by atoms with Gasteiger partial charge in [0.15, 0.2) is 6.61 Å². The number of hydrogen-bond donors (Lipinski definition) is 0. The lowest BCUT2D eigenvalue weighted by atomic mass is 10.1. The second-order valence-electron chi connectivity index (χ2n) is 5.55. The highest BCUT2D eigenvalue weighted by Gasteiger charge is 2.19. The van der Waals surface area contributed by atoms with Gasteiger partial charge >= 0.3 is 11.6 Å². The van der Waals surface area contributed by atoms with E-state index in [2.05, 4.69) is 0 Å².